The third-order valence-electron chi connectivity index (χ3n) is 4.61. The van der Waals surface area contributed by atoms with E-state index < -0.39 is 0 Å². The minimum atomic E-state index is -0.198. The lowest BCUT2D eigenvalue weighted by Gasteiger charge is -2.22. The van der Waals surface area contributed by atoms with Gasteiger partial charge in [0.05, 0.1) is 24.1 Å². The van der Waals surface area contributed by atoms with Crippen molar-refractivity contribution in [3.63, 3.8) is 0 Å². The molecule has 1 saturated carbocycles. The number of amides is 2. The Kier molecular flexibility index (Phi) is 4.24. The van der Waals surface area contributed by atoms with E-state index in [1.165, 1.54) is 0 Å². The molecule has 2 atom stereocenters. The first-order valence-electron chi connectivity index (χ1n) is 8.61. The van der Waals surface area contributed by atoms with E-state index in [1.54, 1.807) is 29.1 Å². The van der Waals surface area contributed by atoms with Crippen LogP contribution in [0.25, 0.3) is 0 Å². The van der Waals surface area contributed by atoms with Crippen molar-refractivity contribution in [1.29, 1.82) is 0 Å². The molecule has 1 aliphatic heterocycles. The Morgan fingerprint density at radius 1 is 1.42 bits per heavy atom. The third kappa shape index (κ3) is 3.35. The van der Waals surface area contributed by atoms with Crippen LogP contribution in [0, 0.1) is 0 Å². The van der Waals surface area contributed by atoms with Gasteiger partial charge in [-0.05, 0) is 37.5 Å². The van der Waals surface area contributed by atoms with Crippen LogP contribution < -0.4 is 20.1 Å². The lowest BCUT2D eigenvalue weighted by Crippen LogP contribution is -2.42. The smallest absolute Gasteiger partial charge is 0.262 e. The number of benzene rings is 1. The van der Waals surface area contributed by atoms with E-state index in [0.29, 0.717) is 22.7 Å². The molecule has 2 aliphatic rings. The molecule has 2 amide bonds. The Bertz CT molecular complexity index is 847. The van der Waals surface area contributed by atoms with Crippen molar-refractivity contribution in [3.05, 3.63) is 36.2 Å². The quantitative estimate of drug-likeness (QED) is 0.865. The number of anilines is 1. The second-order valence-electron chi connectivity index (χ2n) is 6.56. The van der Waals surface area contributed by atoms with Crippen LogP contribution >= 0.6 is 0 Å². The van der Waals surface area contributed by atoms with Gasteiger partial charge in [-0.3, -0.25) is 14.3 Å². The van der Waals surface area contributed by atoms with E-state index in [0.717, 1.165) is 19.3 Å². The molecule has 1 aromatic carbocycles. The van der Waals surface area contributed by atoms with E-state index in [9.17, 15) is 9.59 Å². The van der Waals surface area contributed by atoms with Crippen LogP contribution in [0.2, 0.25) is 0 Å². The molecule has 0 spiro atoms. The summed E-state index contributed by atoms with van der Waals surface area (Å²) in [4.78, 5) is 24.0. The first-order valence-corrected chi connectivity index (χ1v) is 8.61. The maximum Gasteiger partial charge on any atom is 0.262 e. The number of nitrogens with zero attached hydrogens (tertiary/aromatic N) is 2. The maximum atomic E-state index is 12.6. The molecule has 0 saturated heterocycles. The van der Waals surface area contributed by atoms with Crippen LogP contribution in [0.3, 0.4) is 0 Å². The summed E-state index contributed by atoms with van der Waals surface area (Å²) in [5.74, 6) is 0.833. The normalized spacial score (nSPS) is 21.5. The third-order valence-corrected chi connectivity index (χ3v) is 4.61. The molecule has 8 nitrogen and oxygen atoms in total. The Labute approximate surface area is 150 Å². The summed E-state index contributed by atoms with van der Waals surface area (Å²) in [6.45, 7) is -0.0400. The highest BCUT2D eigenvalue weighted by atomic mass is 16.5. The van der Waals surface area contributed by atoms with E-state index in [2.05, 4.69) is 15.7 Å². The first kappa shape index (κ1) is 16.4. The van der Waals surface area contributed by atoms with Gasteiger partial charge in [-0.25, -0.2) is 0 Å². The predicted molar refractivity (Wildman–Crippen MR) is 93.3 cm³/mol. The fraction of sp³-hybridized carbons (Fsp3) is 0.389. The lowest BCUT2D eigenvalue weighted by molar-refractivity contribution is -0.118. The van der Waals surface area contributed by atoms with Gasteiger partial charge in [0.2, 0.25) is 0 Å². The summed E-state index contributed by atoms with van der Waals surface area (Å²) in [6, 6.07) is 4.95. The van der Waals surface area contributed by atoms with Gasteiger partial charge >= 0.3 is 0 Å². The Hall–Kier alpha value is -3.03. The Balaban J connectivity index is 1.43. The van der Waals surface area contributed by atoms with E-state index >= 15 is 0 Å². The van der Waals surface area contributed by atoms with Gasteiger partial charge in [0.15, 0.2) is 12.4 Å². The molecular formula is C18H20N4O4. The average molecular weight is 356 g/mol. The summed E-state index contributed by atoms with van der Waals surface area (Å²) >= 11 is 0. The highest BCUT2D eigenvalue weighted by Gasteiger charge is 2.31. The Morgan fingerprint density at radius 2 is 2.31 bits per heavy atom. The van der Waals surface area contributed by atoms with Crippen molar-refractivity contribution in [3.8, 4) is 11.5 Å². The molecule has 136 valence electrons. The zero-order valence-corrected chi connectivity index (χ0v) is 14.4. The minimum absolute atomic E-state index is 0.0400. The summed E-state index contributed by atoms with van der Waals surface area (Å²) in [5, 5.41) is 9.86. The standard InChI is InChI=1S/C18H20N4O4/c1-22-9-12(8-19-22)26-15-4-2-3-13(15)21-18(24)11-5-6-14-16(7-11)25-10-17(23)20-14/h5-9,13,15H,2-4,10H2,1H3,(H,20,23)(H,21,24)/t13-,15+/m0/s1. The molecular weight excluding hydrogens is 336 g/mol. The maximum absolute atomic E-state index is 12.6. The molecule has 4 rings (SSSR count). The van der Waals surface area contributed by atoms with E-state index in [-0.39, 0.29) is 30.6 Å². The number of ether oxygens (including phenoxy) is 2. The zero-order valence-electron chi connectivity index (χ0n) is 14.4. The van der Waals surface area contributed by atoms with Crippen molar-refractivity contribution >= 4 is 17.5 Å². The van der Waals surface area contributed by atoms with Crippen LogP contribution in [0.5, 0.6) is 11.5 Å². The summed E-state index contributed by atoms with van der Waals surface area (Å²) in [5.41, 5.74) is 1.07. The zero-order chi connectivity index (χ0) is 18.1. The fourth-order valence-corrected chi connectivity index (χ4v) is 3.33. The summed E-state index contributed by atoms with van der Waals surface area (Å²) < 4.78 is 13.0. The SMILES string of the molecule is Cn1cc(O[C@@H]2CCC[C@@H]2NC(=O)c2ccc3c(c2)OCC(=O)N3)cn1. The molecule has 2 N–H and O–H groups in total. The van der Waals surface area contributed by atoms with E-state index in [4.69, 9.17) is 9.47 Å². The second kappa shape index (κ2) is 6.70. The number of hydrogen-bond donors (Lipinski definition) is 2. The lowest BCUT2D eigenvalue weighted by atomic mass is 10.1. The van der Waals surface area contributed by atoms with Crippen molar-refractivity contribution in [2.24, 2.45) is 7.05 Å². The highest BCUT2D eigenvalue weighted by molar-refractivity contribution is 5.99. The highest BCUT2D eigenvalue weighted by Crippen LogP contribution is 2.29. The molecule has 2 heterocycles. The summed E-state index contributed by atoms with van der Waals surface area (Å²) in [6.07, 6.45) is 6.16. The molecule has 26 heavy (non-hydrogen) atoms. The van der Waals surface area contributed by atoms with Crippen LogP contribution in [0.4, 0.5) is 5.69 Å². The molecule has 1 aliphatic carbocycles. The van der Waals surface area contributed by atoms with Gasteiger partial charge in [-0.1, -0.05) is 0 Å². The minimum Gasteiger partial charge on any atom is -0.485 e. The number of aryl methyl sites for hydroxylation is 1. The number of fused-ring (bicyclic) bond motifs is 1. The van der Waals surface area contributed by atoms with Gasteiger partial charge in [0.25, 0.3) is 11.8 Å². The topological polar surface area (TPSA) is 94.5 Å². The van der Waals surface area contributed by atoms with E-state index in [1.807, 2.05) is 13.2 Å². The Morgan fingerprint density at radius 3 is 3.12 bits per heavy atom. The van der Waals surface area contributed by atoms with Crippen molar-refractivity contribution < 1.29 is 19.1 Å². The number of hydrogen-bond acceptors (Lipinski definition) is 5. The number of carbonyl (C=O) groups excluding carboxylic acids is 2. The average Bonchev–Trinajstić information content (AvgIpc) is 3.23. The molecule has 2 aromatic rings. The van der Waals surface area contributed by atoms with Gasteiger partial charge < -0.3 is 20.1 Å². The summed E-state index contributed by atoms with van der Waals surface area (Å²) in [7, 11) is 1.83. The van der Waals surface area contributed by atoms with Gasteiger partial charge in [-0.2, -0.15) is 5.10 Å². The fourth-order valence-electron chi connectivity index (χ4n) is 3.33. The number of nitrogens with one attached hydrogen (secondary N) is 2. The molecule has 0 unspecified atom stereocenters. The molecule has 0 bridgehead atoms. The molecule has 1 fully saturated rings. The predicted octanol–water partition coefficient (Wildman–Crippen LogP) is 1.48. The van der Waals surface area contributed by atoms with Crippen molar-refractivity contribution in [1.82, 2.24) is 15.1 Å². The first-order chi connectivity index (χ1) is 12.6. The van der Waals surface area contributed by atoms with Crippen LogP contribution in [-0.4, -0.2) is 40.3 Å². The van der Waals surface area contributed by atoms with Gasteiger partial charge in [-0.15, -0.1) is 0 Å². The van der Waals surface area contributed by atoms with Crippen molar-refractivity contribution in [2.75, 3.05) is 11.9 Å². The number of carbonyl (C=O) groups is 2. The van der Waals surface area contributed by atoms with Crippen molar-refractivity contribution in [2.45, 2.75) is 31.4 Å². The largest absolute Gasteiger partial charge is 0.485 e. The van der Waals surface area contributed by atoms with Crippen LogP contribution in [-0.2, 0) is 11.8 Å². The second-order valence-corrected chi connectivity index (χ2v) is 6.56. The number of rotatable bonds is 4. The molecule has 0 radical (unpaired) electrons. The van der Waals surface area contributed by atoms with Crippen LogP contribution in [0.1, 0.15) is 29.6 Å². The number of aromatic nitrogens is 2. The van der Waals surface area contributed by atoms with Crippen LogP contribution in [0.15, 0.2) is 30.6 Å². The van der Waals surface area contributed by atoms with Gasteiger partial charge in [0, 0.05) is 12.6 Å². The molecule has 8 heteroatoms. The van der Waals surface area contributed by atoms with Gasteiger partial charge in [0.1, 0.15) is 11.9 Å². The monoisotopic (exact) mass is 356 g/mol. The molecule has 1 aromatic heterocycles.